The van der Waals surface area contributed by atoms with Gasteiger partial charge in [0.15, 0.2) is 5.58 Å². The summed E-state index contributed by atoms with van der Waals surface area (Å²) in [7, 11) is 1.52. The molecular weight excluding hydrogens is 573 g/mol. The van der Waals surface area contributed by atoms with Gasteiger partial charge in [-0.15, -0.1) is 12.4 Å². The highest BCUT2D eigenvalue weighted by atomic mass is 35.5. The largest absolute Gasteiger partial charge is 0.496 e. The maximum atomic E-state index is 14.2. The lowest BCUT2D eigenvalue weighted by molar-refractivity contribution is 0.0891. The molecule has 2 saturated heterocycles. The maximum absolute atomic E-state index is 14.2. The van der Waals surface area contributed by atoms with E-state index in [1.54, 1.807) is 24.4 Å². The average molecular weight is 606 g/mol. The van der Waals surface area contributed by atoms with Crippen LogP contribution in [0.25, 0.3) is 33.6 Å². The number of furan rings is 1. The van der Waals surface area contributed by atoms with Crippen molar-refractivity contribution >= 4 is 35.1 Å². The van der Waals surface area contributed by atoms with Crippen LogP contribution in [0.2, 0.25) is 0 Å². The van der Waals surface area contributed by atoms with Crippen molar-refractivity contribution in [3.05, 3.63) is 65.9 Å². The Kier molecular flexibility index (Phi) is 9.46. The fraction of sp³-hybridized carbons (Fsp3) is 0.344. The summed E-state index contributed by atoms with van der Waals surface area (Å²) in [5.74, 6) is 0.612. The van der Waals surface area contributed by atoms with E-state index < -0.39 is 12.2 Å². The van der Waals surface area contributed by atoms with Gasteiger partial charge >= 0.3 is 0 Å². The number of amides is 1. The molecule has 6 rings (SSSR count). The molecule has 2 aromatic heterocycles. The van der Waals surface area contributed by atoms with Crippen molar-refractivity contribution in [1.29, 1.82) is 5.26 Å². The molecule has 4 heterocycles. The summed E-state index contributed by atoms with van der Waals surface area (Å²) in [6, 6.07) is 16.6. The van der Waals surface area contributed by atoms with E-state index in [1.807, 2.05) is 30.3 Å². The minimum atomic E-state index is -1.13. The first-order chi connectivity index (χ1) is 20.5. The number of carbonyl (C=O) groups excluding carboxylic acids is 1. The third-order valence-corrected chi connectivity index (χ3v) is 7.90. The molecule has 224 valence electrons. The fourth-order valence-electron chi connectivity index (χ4n) is 5.56. The van der Waals surface area contributed by atoms with Crippen molar-refractivity contribution < 1.29 is 23.1 Å². The van der Waals surface area contributed by atoms with Crippen LogP contribution in [0, 0.1) is 11.3 Å². The lowest BCUT2D eigenvalue weighted by atomic mass is 10.0. The van der Waals surface area contributed by atoms with Crippen LogP contribution in [0.1, 0.15) is 35.2 Å². The van der Waals surface area contributed by atoms with Gasteiger partial charge in [0.05, 0.1) is 30.0 Å². The van der Waals surface area contributed by atoms with E-state index in [1.165, 1.54) is 7.11 Å². The Morgan fingerprint density at radius 2 is 1.95 bits per heavy atom. The molecule has 9 nitrogen and oxygen atoms in total. The van der Waals surface area contributed by atoms with E-state index >= 15 is 0 Å². The number of piperidine rings is 1. The molecule has 1 amide bonds. The number of rotatable bonds is 7. The van der Waals surface area contributed by atoms with Crippen molar-refractivity contribution in [2.45, 2.75) is 37.5 Å². The molecule has 0 radical (unpaired) electrons. The Balaban J connectivity index is 0.00000368. The van der Waals surface area contributed by atoms with Gasteiger partial charge in [0, 0.05) is 49.2 Å². The van der Waals surface area contributed by atoms with Crippen LogP contribution >= 0.6 is 12.4 Å². The first-order valence-electron chi connectivity index (χ1n) is 14.2. The van der Waals surface area contributed by atoms with Crippen LogP contribution in [-0.2, 0) is 4.74 Å². The van der Waals surface area contributed by atoms with Crippen molar-refractivity contribution in [1.82, 2.24) is 15.6 Å². The van der Waals surface area contributed by atoms with Crippen LogP contribution in [0.5, 0.6) is 5.75 Å². The fourth-order valence-corrected chi connectivity index (χ4v) is 5.56. The molecule has 2 unspecified atom stereocenters. The standard InChI is InChI=1S/C32H32FN5O4.ClH/c1-40-29-15-20(32(39)38-27-7-10-35-18-25(27)33)2-4-24(29)30-16-28-31(42-30)23(6-11-36-28)19-3-5-26(21(14-19)17-34)37-22-8-12-41-13-9-22;/h2-6,11,14-16,22,25,27,35,37H,7-10,12-13,18H2,1H3,(H,38,39);1H. The minimum Gasteiger partial charge on any atom is -0.496 e. The Morgan fingerprint density at radius 1 is 1.12 bits per heavy atom. The van der Waals surface area contributed by atoms with Crippen molar-refractivity contribution in [2.24, 2.45) is 0 Å². The summed E-state index contributed by atoms with van der Waals surface area (Å²) in [5.41, 5.74) is 5.23. The van der Waals surface area contributed by atoms with E-state index in [-0.39, 0.29) is 30.9 Å². The number of nitriles is 1. The predicted molar refractivity (Wildman–Crippen MR) is 164 cm³/mol. The summed E-state index contributed by atoms with van der Waals surface area (Å²) in [6.07, 6.45) is 2.91. The second-order valence-electron chi connectivity index (χ2n) is 10.6. The number of ether oxygens (including phenoxy) is 2. The summed E-state index contributed by atoms with van der Waals surface area (Å²) in [5, 5.41) is 19.2. The lowest BCUT2D eigenvalue weighted by Gasteiger charge is -2.27. The number of alkyl halides is 1. The van der Waals surface area contributed by atoms with Gasteiger partial charge in [-0.05, 0) is 67.8 Å². The molecule has 0 spiro atoms. The van der Waals surface area contributed by atoms with Gasteiger partial charge < -0.3 is 29.8 Å². The number of pyridine rings is 1. The number of anilines is 1. The van der Waals surface area contributed by atoms with E-state index in [0.29, 0.717) is 65.5 Å². The van der Waals surface area contributed by atoms with Gasteiger partial charge in [-0.1, -0.05) is 6.07 Å². The molecule has 4 aromatic rings. The van der Waals surface area contributed by atoms with Gasteiger partial charge in [-0.3, -0.25) is 9.78 Å². The summed E-state index contributed by atoms with van der Waals surface area (Å²) in [6.45, 7) is 2.31. The van der Waals surface area contributed by atoms with Gasteiger partial charge in [-0.2, -0.15) is 5.26 Å². The number of fused-ring (bicyclic) bond motifs is 1. The number of nitrogens with zero attached hydrogens (tertiary/aromatic N) is 2. The molecule has 0 saturated carbocycles. The van der Waals surface area contributed by atoms with Crippen LogP contribution in [0.3, 0.4) is 0 Å². The Bertz CT molecular complexity index is 1650. The molecule has 0 bridgehead atoms. The zero-order chi connectivity index (χ0) is 29.1. The average Bonchev–Trinajstić information content (AvgIpc) is 3.47. The molecule has 3 N–H and O–H groups in total. The van der Waals surface area contributed by atoms with Crippen LogP contribution < -0.4 is 20.7 Å². The summed E-state index contributed by atoms with van der Waals surface area (Å²) in [4.78, 5) is 17.4. The minimum absolute atomic E-state index is 0. The number of halogens is 2. The highest BCUT2D eigenvalue weighted by molar-refractivity contribution is 5.97. The molecule has 2 atom stereocenters. The van der Waals surface area contributed by atoms with E-state index in [0.717, 1.165) is 29.7 Å². The number of aromatic nitrogens is 1. The monoisotopic (exact) mass is 605 g/mol. The van der Waals surface area contributed by atoms with Gasteiger partial charge in [0.25, 0.3) is 5.91 Å². The van der Waals surface area contributed by atoms with Crippen LogP contribution in [-0.4, -0.2) is 62.6 Å². The third kappa shape index (κ3) is 6.44. The van der Waals surface area contributed by atoms with Gasteiger partial charge in [0.1, 0.15) is 29.3 Å². The Hall–Kier alpha value is -4.17. The highest BCUT2D eigenvalue weighted by Crippen LogP contribution is 2.38. The molecule has 2 aliphatic heterocycles. The zero-order valence-electron chi connectivity index (χ0n) is 23.7. The van der Waals surface area contributed by atoms with Crippen LogP contribution in [0.15, 0.2) is 59.1 Å². The first-order valence-corrected chi connectivity index (χ1v) is 14.2. The Morgan fingerprint density at radius 3 is 2.72 bits per heavy atom. The molecule has 2 fully saturated rings. The van der Waals surface area contributed by atoms with Crippen molar-refractivity contribution in [3.8, 4) is 34.3 Å². The van der Waals surface area contributed by atoms with E-state index in [4.69, 9.17) is 13.9 Å². The van der Waals surface area contributed by atoms with Crippen molar-refractivity contribution in [2.75, 3.05) is 38.7 Å². The number of methoxy groups -OCH3 is 1. The molecule has 43 heavy (non-hydrogen) atoms. The molecule has 11 heteroatoms. The SMILES string of the molecule is COc1cc(C(=O)NC2CCNCC2F)ccc1-c1cc2nccc(-c3ccc(NC4CCOCC4)c(C#N)c3)c2o1.Cl. The quantitative estimate of drug-likeness (QED) is 0.253. The normalized spacial score (nSPS) is 18.8. The molecule has 0 aliphatic carbocycles. The summed E-state index contributed by atoms with van der Waals surface area (Å²) >= 11 is 0. The molecule has 2 aliphatic rings. The predicted octanol–water partition coefficient (Wildman–Crippen LogP) is 5.48. The second kappa shape index (κ2) is 13.4. The van der Waals surface area contributed by atoms with Gasteiger partial charge in [-0.25, -0.2) is 4.39 Å². The van der Waals surface area contributed by atoms with Crippen molar-refractivity contribution in [3.63, 3.8) is 0 Å². The van der Waals surface area contributed by atoms with Crippen LogP contribution in [0.4, 0.5) is 10.1 Å². The smallest absolute Gasteiger partial charge is 0.251 e. The Labute approximate surface area is 255 Å². The number of nitrogens with one attached hydrogen (secondary N) is 3. The maximum Gasteiger partial charge on any atom is 0.251 e. The number of carbonyl (C=O) groups is 1. The molecular formula is C32H33ClFN5O4. The number of hydrogen-bond acceptors (Lipinski definition) is 8. The summed E-state index contributed by atoms with van der Waals surface area (Å²) < 4.78 is 31.6. The lowest BCUT2D eigenvalue weighted by Crippen LogP contribution is -2.50. The van der Waals surface area contributed by atoms with E-state index in [2.05, 4.69) is 27.0 Å². The van der Waals surface area contributed by atoms with E-state index in [9.17, 15) is 14.4 Å². The highest BCUT2D eigenvalue weighted by Gasteiger charge is 2.27. The second-order valence-corrected chi connectivity index (χ2v) is 10.6. The first kappa shape index (κ1) is 30.3. The zero-order valence-corrected chi connectivity index (χ0v) is 24.5. The third-order valence-electron chi connectivity index (χ3n) is 7.90. The molecule has 2 aromatic carbocycles. The topological polar surface area (TPSA) is 121 Å². The van der Waals surface area contributed by atoms with Gasteiger partial charge in [0.2, 0.25) is 0 Å². The number of hydrogen-bond donors (Lipinski definition) is 3. The number of benzene rings is 2.